The fourth-order valence-electron chi connectivity index (χ4n) is 5.34. The van der Waals surface area contributed by atoms with Crippen molar-refractivity contribution < 1.29 is 9.47 Å². The molecule has 0 saturated carbocycles. The first-order valence-corrected chi connectivity index (χ1v) is 16.6. The topological polar surface area (TPSA) is 18.5 Å². The lowest BCUT2D eigenvalue weighted by Gasteiger charge is -2.39. The van der Waals surface area contributed by atoms with E-state index in [1.807, 2.05) is 14.2 Å². The summed E-state index contributed by atoms with van der Waals surface area (Å²) in [7, 11) is 2.23. The number of methoxy groups -OCH3 is 2. The summed E-state index contributed by atoms with van der Waals surface area (Å²) in [6.07, 6.45) is 0.601. The molecule has 0 aliphatic rings. The molecule has 5 aromatic rings. The molecule has 0 unspecified atom stereocenters. The van der Waals surface area contributed by atoms with Gasteiger partial charge in [0.15, 0.2) is 0 Å². The maximum Gasteiger partial charge on any atom is 0.0949 e. The van der Waals surface area contributed by atoms with Gasteiger partial charge in [0.25, 0.3) is 0 Å². The highest BCUT2D eigenvalue weighted by Gasteiger charge is 2.39. The third-order valence-corrected chi connectivity index (χ3v) is 12.7. The molecule has 3 atom stereocenters. The van der Waals surface area contributed by atoms with Crippen LogP contribution in [0.5, 0.6) is 0 Å². The van der Waals surface area contributed by atoms with Crippen molar-refractivity contribution >= 4 is 37.1 Å². The number of benzene rings is 5. The molecule has 0 bridgehead atoms. The minimum absolute atomic E-state index is 0.0966. The van der Waals surface area contributed by atoms with Gasteiger partial charge in [-0.25, -0.2) is 0 Å². The molecule has 4 heteroatoms. The monoisotopic (exact) mass is 562 g/mol. The van der Waals surface area contributed by atoms with E-state index in [0.29, 0.717) is 0 Å². The zero-order valence-electron chi connectivity index (χ0n) is 23.1. The molecule has 202 valence electrons. The summed E-state index contributed by atoms with van der Waals surface area (Å²) in [6, 6.07) is 54.5. The first-order chi connectivity index (χ1) is 19.8. The van der Waals surface area contributed by atoms with Crippen molar-refractivity contribution in [1.29, 1.82) is 0 Å². The summed E-state index contributed by atoms with van der Waals surface area (Å²) in [6.45, 7) is 0. The van der Waals surface area contributed by atoms with Crippen LogP contribution in [-0.4, -0.2) is 32.6 Å². The predicted octanol–water partition coefficient (Wildman–Crippen LogP) is 7.02. The average molecular weight is 563 g/mol. The van der Waals surface area contributed by atoms with E-state index in [1.54, 1.807) is 0 Å². The molecule has 0 aliphatic carbocycles. The van der Waals surface area contributed by atoms with Crippen molar-refractivity contribution in [2.24, 2.45) is 0 Å². The molecule has 0 heterocycles. The van der Waals surface area contributed by atoms with Gasteiger partial charge in [0.2, 0.25) is 0 Å². The van der Waals surface area contributed by atoms with Crippen molar-refractivity contribution in [3.63, 3.8) is 0 Å². The highest BCUT2D eigenvalue weighted by molar-refractivity contribution is 7.73. The van der Waals surface area contributed by atoms with Gasteiger partial charge in [0.1, 0.15) is 0 Å². The second-order valence-electron chi connectivity index (χ2n) is 9.65. The van der Waals surface area contributed by atoms with Gasteiger partial charge in [-0.15, -0.1) is 0 Å². The number of hydrogen-bond donors (Lipinski definition) is 0. The van der Waals surface area contributed by atoms with E-state index >= 15 is 0 Å². The Hall–Kier alpha value is -3.12. The van der Waals surface area contributed by atoms with Crippen LogP contribution in [0, 0.1) is 0 Å². The van der Waals surface area contributed by atoms with Gasteiger partial charge in [0, 0.05) is 26.0 Å². The molecule has 0 amide bonds. The van der Waals surface area contributed by atoms with Crippen molar-refractivity contribution in [2.45, 2.75) is 17.9 Å². The summed E-state index contributed by atoms with van der Waals surface area (Å²) < 4.78 is 12.9. The van der Waals surface area contributed by atoms with Crippen LogP contribution in [-0.2, 0) is 9.47 Å². The van der Waals surface area contributed by atoms with E-state index in [2.05, 4.69) is 152 Å². The van der Waals surface area contributed by atoms with Gasteiger partial charge in [-0.2, -0.15) is 0 Å². The van der Waals surface area contributed by atoms with Crippen LogP contribution >= 0.6 is 15.8 Å². The van der Waals surface area contributed by atoms with E-state index in [4.69, 9.17) is 9.47 Å². The summed E-state index contributed by atoms with van der Waals surface area (Å²) in [5.41, 5.74) is 1.37. The van der Waals surface area contributed by atoms with Gasteiger partial charge in [-0.05, 0) is 42.6 Å². The molecule has 40 heavy (non-hydrogen) atoms. The van der Waals surface area contributed by atoms with Crippen molar-refractivity contribution in [1.82, 2.24) is 0 Å². The summed E-state index contributed by atoms with van der Waals surface area (Å²) in [5, 5.41) is 5.38. The highest BCUT2D eigenvalue weighted by Crippen LogP contribution is 2.53. The van der Waals surface area contributed by atoms with Gasteiger partial charge < -0.3 is 9.47 Å². The maximum atomic E-state index is 6.52. The number of hydrogen-bond acceptors (Lipinski definition) is 2. The van der Waals surface area contributed by atoms with Crippen LogP contribution in [0.1, 0.15) is 11.2 Å². The van der Waals surface area contributed by atoms with Gasteiger partial charge in [-0.3, -0.25) is 0 Å². The molecular formula is C36H36O2P2. The Morgan fingerprint density at radius 2 is 0.850 bits per heavy atom. The van der Waals surface area contributed by atoms with E-state index in [9.17, 15) is 0 Å². The lowest BCUT2D eigenvalue weighted by molar-refractivity contribution is -0.0253. The lowest BCUT2D eigenvalue weighted by atomic mass is 10.0. The highest BCUT2D eigenvalue weighted by atomic mass is 31.1. The second kappa shape index (κ2) is 14.5. The molecule has 5 rings (SSSR count). The van der Waals surface area contributed by atoms with Crippen LogP contribution in [0.25, 0.3) is 0 Å². The zero-order chi connectivity index (χ0) is 27.6. The SMILES string of the molecule is CO[C@H]([C@@H](c1ccccc1)P(c1ccccc1)c1ccccc1)[C@@H](CP(c1ccccc1)c1ccccc1)OC. The molecule has 0 N–H and O–H groups in total. The molecule has 0 aliphatic heterocycles. The van der Waals surface area contributed by atoms with Crippen molar-refractivity contribution in [3.05, 3.63) is 157 Å². The standard InChI is InChI=1S/C36H36O2P2/c1-37-34(28-39(30-20-10-4-11-21-30)31-22-12-5-13-23-31)35(38-2)36(29-18-8-3-9-19-29)40(32-24-14-6-15-25-32)33-26-16-7-17-27-33/h3-27,34-36H,28H2,1-2H3/t34-,35+,36-/m1/s1. The quantitative estimate of drug-likeness (QED) is 0.152. The fourth-order valence-corrected chi connectivity index (χ4v) is 10.8. The third kappa shape index (κ3) is 6.77. The number of rotatable bonds is 12. The molecule has 0 saturated heterocycles. The zero-order valence-corrected chi connectivity index (χ0v) is 24.9. The molecular weight excluding hydrogens is 526 g/mol. The Morgan fingerprint density at radius 1 is 0.475 bits per heavy atom. The van der Waals surface area contributed by atoms with E-state index in [-0.39, 0.29) is 17.9 Å². The second-order valence-corrected chi connectivity index (χ2v) is 14.2. The van der Waals surface area contributed by atoms with Gasteiger partial charge in [-0.1, -0.05) is 152 Å². The maximum absolute atomic E-state index is 6.52. The molecule has 5 aromatic carbocycles. The van der Waals surface area contributed by atoms with Crippen molar-refractivity contribution in [3.8, 4) is 0 Å². The fraction of sp³-hybridized carbons (Fsp3) is 0.167. The van der Waals surface area contributed by atoms with Crippen LogP contribution < -0.4 is 21.2 Å². The van der Waals surface area contributed by atoms with Crippen molar-refractivity contribution in [2.75, 3.05) is 20.4 Å². The molecule has 0 fully saturated rings. The van der Waals surface area contributed by atoms with E-state index in [0.717, 1.165) is 6.16 Å². The Kier molecular flexibility index (Phi) is 10.3. The normalized spacial score (nSPS) is 13.7. The van der Waals surface area contributed by atoms with Gasteiger partial charge in [0.05, 0.1) is 12.2 Å². The van der Waals surface area contributed by atoms with Crippen LogP contribution in [0.15, 0.2) is 152 Å². The predicted molar refractivity (Wildman–Crippen MR) is 174 cm³/mol. The largest absolute Gasteiger partial charge is 0.378 e. The summed E-state index contributed by atoms with van der Waals surface area (Å²) in [5.74, 6) is 0. The van der Waals surface area contributed by atoms with E-state index < -0.39 is 15.8 Å². The van der Waals surface area contributed by atoms with E-state index in [1.165, 1.54) is 26.8 Å². The average Bonchev–Trinajstić information content (AvgIpc) is 3.04. The minimum Gasteiger partial charge on any atom is -0.378 e. The Balaban J connectivity index is 1.61. The van der Waals surface area contributed by atoms with Crippen LogP contribution in [0.3, 0.4) is 0 Å². The van der Waals surface area contributed by atoms with Crippen LogP contribution in [0.4, 0.5) is 0 Å². The van der Waals surface area contributed by atoms with Gasteiger partial charge >= 0.3 is 0 Å². The smallest absolute Gasteiger partial charge is 0.0949 e. The number of ether oxygens (including phenoxy) is 2. The minimum atomic E-state index is -0.805. The first-order valence-electron chi connectivity index (χ1n) is 13.7. The first kappa shape index (κ1) is 28.4. The molecule has 2 nitrogen and oxygen atoms in total. The molecule has 0 aromatic heterocycles. The Bertz CT molecular complexity index is 1320. The van der Waals surface area contributed by atoms with Crippen LogP contribution in [0.2, 0.25) is 0 Å². The molecule has 0 spiro atoms. The Labute approximate surface area is 241 Å². The lowest BCUT2D eigenvalue weighted by Crippen LogP contribution is -2.40. The summed E-state index contributed by atoms with van der Waals surface area (Å²) >= 11 is 0. The molecule has 0 radical (unpaired) electrons. The third-order valence-electron chi connectivity index (χ3n) is 7.24. The Morgan fingerprint density at radius 3 is 1.23 bits per heavy atom. The summed E-state index contributed by atoms with van der Waals surface area (Å²) in [4.78, 5) is 0.